The van der Waals surface area contributed by atoms with Crippen molar-refractivity contribution in [1.29, 1.82) is 0 Å². The molecule has 33 heavy (non-hydrogen) atoms. The smallest absolute Gasteiger partial charge is 0.314 e. The van der Waals surface area contributed by atoms with Gasteiger partial charge in [-0.15, -0.1) is 10.2 Å². The van der Waals surface area contributed by atoms with Crippen molar-refractivity contribution in [3.05, 3.63) is 35.7 Å². The number of hydrogen-bond acceptors (Lipinski definition) is 8. The van der Waals surface area contributed by atoms with E-state index in [1.165, 1.54) is 21.9 Å². The fourth-order valence-electron chi connectivity index (χ4n) is 3.18. The summed E-state index contributed by atoms with van der Waals surface area (Å²) in [6.45, 7) is 2.61. The second-order valence-electron chi connectivity index (χ2n) is 7.59. The SMILES string of the molecule is CN(CCN1CCN(S(C)(=O)=O)CC1)S(=O)(=O)NCc1ccc(-c2nnc(C(F)F)o2)cc1. The molecule has 0 unspecified atom stereocenters. The van der Waals surface area contributed by atoms with Crippen LogP contribution in [-0.4, -0.2) is 93.1 Å². The third kappa shape index (κ3) is 6.97. The highest BCUT2D eigenvalue weighted by atomic mass is 32.2. The summed E-state index contributed by atoms with van der Waals surface area (Å²) in [5, 5.41) is 6.84. The summed E-state index contributed by atoms with van der Waals surface area (Å²) in [5.74, 6) is -0.809. The molecule has 1 aromatic heterocycles. The Kier molecular flexibility index (Phi) is 8.13. The van der Waals surface area contributed by atoms with Crippen LogP contribution in [0, 0.1) is 0 Å². The Labute approximate surface area is 191 Å². The van der Waals surface area contributed by atoms with Crippen molar-refractivity contribution >= 4 is 20.2 Å². The van der Waals surface area contributed by atoms with Gasteiger partial charge in [0.05, 0.1) is 6.26 Å². The minimum absolute atomic E-state index is 0.0338. The average Bonchev–Trinajstić information content (AvgIpc) is 3.27. The molecule has 1 fully saturated rings. The van der Waals surface area contributed by atoms with Crippen molar-refractivity contribution in [3.8, 4) is 11.5 Å². The number of benzene rings is 1. The van der Waals surface area contributed by atoms with E-state index in [1.54, 1.807) is 24.3 Å². The van der Waals surface area contributed by atoms with Gasteiger partial charge in [0.15, 0.2) is 0 Å². The quantitative estimate of drug-likeness (QED) is 0.492. The van der Waals surface area contributed by atoms with Crippen LogP contribution >= 0.6 is 0 Å². The first kappa shape index (κ1) is 25.6. The molecule has 1 aliphatic rings. The zero-order chi connectivity index (χ0) is 24.2. The maximum atomic E-state index is 12.6. The molecule has 0 spiro atoms. The second-order valence-corrected chi connectivity index (χ2v) is 11.4. The van der Waals surface area contributed by atoms with E-state index in [1.807, 2.05) is 4.90 Å². The van der Waals surface area contributed by atoms with Gasteiger partial charge in [-0.25, -0.2) is 8.42 Å². The highest BCUT2D eigenvalue weighted by molar-refractivity contribution is 7.88. The molecule has 2 heterocycles. The largest absolute Gasteiger partial charge is 0.415 e. The maximum Gasteiger partial charge on any atom is 0.314 e. The third-order valence-electron chi connectivity index (χ3n) is 5.23. The molecule has 0 aliphatic carbocycles. The van der Waals surface area contributed by atoms with Gasteiger partial charge in [-0.1, -0.05) is 12.1 Å². The summed E-state index contributed by atoms with van der Waals surface area (Å²) >= 11 is 0. The molecule has 15 heteroatoms. The topological polar surface area (TPSA) is 129 Å². The highest BCUT2D eigenvalue weighted by Gasteiger charge is 2.24. The summed E-state index contributed by atoms with van der Waals surface area (Å²) in [6.07, 6.45) is -1.68. The Morgan fingerprint density at radius 3 is 2.27 bits per heavy atom. The first-order chi connectivity index (χ1) is 15.5. The summed E-state index contributed by atoms with van der Waals surface area (Å²) in [6, 6.07) is 6.41. The van der Waals surface area contributed by atoms with Crippen molar-refractivity contribution in [2.45, 2.75) is 13.0 Å². The third-order valence-corrected chi connectivity index (χ3v) is 8.04. The van der Waals surface area contributed by atoms with Crippen LogP contribution in [0.3, 0.4) is 0 Å². The number of aromatic nitrogens is 2. The van der Waals surface area contributed by atoms with Crippen molar-refractivity contribution in [1.82, 2.24) is 28.4 Å². The second kappa shape index (κ2) is 10.5. The van der Waals surface area contributed by atoms with E-state index < -0.39 is 32.5 Å². The Morgan fingerprint density at radius 2 is 1.73 bits per heavy atom. The zero-order valence-corrected chi connectivity index (χ0v) is 19.8. The number of nitrogens with one attached hydrogen (secondary N) is 1. The van der Waals surface area contributed by atoms with Crippen molar-refractivity contribution in [2.75, 3.05) is 52.6 Å². The van der Waals surface area contributed by atoms with Crippen LogP contribution in [-0.2, 0) is 26.8 Å². The maximum absolute atomic E-state index is 12.6. The minimum Gasteiger partial charge on any atom is -0.415 e. The molecule has 11 nitrogen and oxygen atoms in total. The lowest BCUT2D eigenvalue weighted by atomic mass is 10.1. The van der Waals surface area contributed by atoms with Crippen LogP contribution in [0.5, 0.6) is 0 Å². The average molecular weight is 509 g/mol. The molecular formula is C18H26F2N6O5S2. The predicted octanol–water partition coefficient (Wildman–Crippen LogP) is 0.518. The predicted molar refractivity (Wildman–Crippen MR) is 116 cm³/mol. The van der Waals surface area contributed by atoms with Crippen LogP contribution < -0.4 is 4.72 Å². The summed E-state index contributed by atoms with van der Waals surface area (Å²) in [4.78, 5) is 2.02. The van der Waals surface area contributed by atoms with E-state index >= 15 is 0 Å². The van der Waals surface area contributed by atoms with Gasteiger partial charge in [-0.2, -0.15) is 30.5 Å². The Bertz CT molecular complexity index is 1130. The van der Waals surface area contributed by atoms with E-state index in [0.717, 1.165) is 0 Å². The number of alkyl halides is 2. The summed E-state index contributed by atoms with van der Waals surface area (Å²) in [7, 11) is -5.48. The Morgan fingerprint density at radius 1 is 1.09 bits per heavy atom. The zero-order valence-electron chi connectivity index (χ0n) is 18.2. The molecule has 0 atom stereocenters. The van der Waals surface area contributed by atoms with Gasteiger partial charge in [0, 0.05) is 58.4 Å². The molecule has 0 saturated carbocycles. The number of halogens is 2. The summed E-state index contributed by atoms with van der Waals surface area (Å²) in [5.41, 5.74) is 1.09. The fourth-order valence-corrected chi connectivity index (χ4v) is 4.89. The molecule has 0 amide bonds. The van der Waals surface area contributed by atoms with Crippen LogP contribution in [0.25, 0.3) is 11.5 Å². The van der Waals surface area contributed by atoms with Crippen molar-refractivity contribution in [3.63, 3.8) is 0 Å². The molecule has 3 rings (SSSR count). The molecular weight excluding hydrogens is 482 g/mol. The van der Waals surface area contributed by atoms with Crippen LogP contribution in [0.2, 0.25) is 0 Å². The number of likely N-dealkylation sites (N-methyl/N-ethyl adjacent to an activating group) is 1. The highest BCUT2D eigenvalue weighted by Crippen LogP contribution is 2.23. The molecule has 0 radical (unpaired) electrons. The standard InChI is InChI=1S/C18H26F2N6O5S2/c1-24(7-8-25-9-11-26(12-10-25)32(2,27)28)33(29,30)21-13-14-3-5-15(6-4-14)17-22-23-18(31-17)16(19)20/h3-6,16,21H,7-13H2,1-2H3. The van der Waals surface area contributed by atoms with Gasteiger partial charge in [0.2, 0.25) is 15.9 Å². The lowest BCUT2D eigenvalue weighted by Gasteiger charge is -2.33. The van der Waals surface area contributed by atoms with E-state index in [9.17, 15) is 25.6 Å². The molecule has 0 bridgehead atoms. The van der Waals surface area contributed by atoms with Gasteiger partial charge in [0.25, 0.3) is 16.1 Å². The van der Waals surface area contributed by atoms with Crippen LogP contribution in [0.1, 0.15) is 17.9 Å². The van der Waals surface area contributed by atoms with Gasteiger partial charge in [0.1, 0.15) is 0 Å². The van der Waals surface area contributed by atoms with E-state index in [2.05, 4.69) is 14.9 Å². The van der Waals surface area contributed by atoms with Crippen LogP contribution in [0.4, 0.5) is 8.78 Å². The monoisotopic (exact) mass is 508 g/mol. The van der Waals surface area contributed by atoms with Gasteiger partial charge >= 0.3 is 6.43 Å². The number of rotatable bonds is 10. The first-order valence-electron chi connectivity index (χ1n) is 10.0. The number of nitrogens with zero attached hydrogens (tertiary/aromatic N) is 5. The molecule has 1 N–H and O–H groups in total. The Hall–Kier alpha value is -2.04. The van der Waals surface area contributed by atoms with Gasteiger partial charge in [-0.3, -0.25) is 4.90 Å². The lowest BCUT2D eigenvalue weighted by Crippen LogP contribution is -2.50. The summed E-state index contributed by atoms with van der Waals surface area (Å²) < 4.78 is 83.3. The molecule has 1 aromatic carbocycles. The molecule has 1 saturated heterocycles. The lowest BCUT2D eigenvalue weighted by molar-refractivity contribution is 0.116. The van der Waals surface area contributed by atoms with Crippen molar-refractivity contribution < 1.29 is 30.0 Å². The number of hydrogen-bond donors (Lipinski definition) is 1. The van der Waals surface area contributed by atoms with E-state index in [0.29, 0.717) is 43.9 Å². The number of piperazine rings is 1. The molecule has 2 aromatic rings. The molecule has 184 valence electrons. The normalized spacial score (nSPS) is 16.7. The van der Waals surface area contributed by atoms with Crippen molar-refractivity contribution in [2.24, 2.45) is 0 Å². The van der Waals surface area contributed by atoms with Gasteiger partial charge < -0.3 is 4.42 Å². The van der Waals surface area contributed by atoms with E-state index in [4.69, 9.17) is 4.42 Å². The first-order valence-corrected chi connectivity index (χ1v) is 13.3. The fraction of sp³-hybridized carbons (Fsp3) is 0.556. The molecule has 1 aliphatic heterocycles. The van der Waals surface area contributed by atoms with Crippen LogP contribution in [0.15, 0.2) is 28.7 Å². The van der Waals surface area contributed by atoms with Gasteiger partial charge in [-0.05, 0) is 17.7 Å². The number of sulfonamides is 1. The van der Waals surface area contributed by atoms with E-state index in [-0.39, 0.29) is 19.0 Å². The Balaban J connectivity index is 1.47. The minimum atomic E-state index is -3.74.